The topological polar surface area (TPSA) is 52.2 Å². The summed E-state index contributed by atoms with van der Waals surface area (Å²) in [5.74, 6) is 0.426. The van der Waals surface area contributed by atoms with Crippen LogP contribution >= 0.6 is 0 Å². The number of carbonyl (C=O) groups is 1. The Kier molecular flexibility index (Phi) is 5.29. The molecule has 1 aromatic heterocycles. The zero-order valence-electron chi connectivity index (χ0n) is 21.3. The van der Waals surface area contributed by atoms with Crippen molar-refractivity contribution in [1.82, 2.24) is 15.1 Å². The van der Waals surface area contributed by atoms with Gasteiger partial charge in [0.25, 0.3) is 0 Å². The monoisotopic (exact) mass is 488 g/mol. The lowest BCUT2D eigenvalue weighted by Gasteiger charge is -2.26. The number of piperidine rings is 1. The third-order valence-corrected chi connectivity index (χ3v) is 8.68. The smallest absolute Gasteiger partial charge is 0.238 e. The van der Waals surface area contributed by atoms with Gasteiger partial charge >= 0.3 is 0 Å². The second-order valence-corrected chi connectivity index (χ2v) is 10.9. The van der Waals surface area contributed by atoms with Crippen LogP contribution in [0.1, 0.15) is 59.5 Å². The molecule has 3 aromatic carbocycles. The lowest BCUT2D eigenvalue weighted by molar-refractivity contribution is -0.120. The number of aromatic nitrogens is 2. The van der Waals surface area contributed by atoms with Crippen molar-refractivity contribution in [3.63, 3.8) is 0 Å². The molecule has 7 rings (SSSR count). The molecule has 1 saturated heterocycles. The highest BCUT2D eigenvalue weighted by Crippen LogP contribution is 2.66. The first-order valence-corrected chi connectivity index (χ1v) is 13.5. The molecule has 1 saturated carbocycles. The van der Waals surface area contributed by atoms with Gasteiger partial charge in [0.05, 0.1) is 16.6 Å². The van der Waals surface area contributed by atoms with E-state index in [1.807, 2.05) is 24.1 Å². The summed E-state index contributed by atoms with van der Waals surface area (Å²) in [6.45, 7) is 3.49. The summed E-state index contributed by atoms with van der Waals surface area (Å²) in [5, 5.41) is 8.91. The number of nitrogens with zero attached hydrogens (tertiary/aromatic N) is 3. The van der Waals surface area contributed by atoms with Gasteiger partial charge in [-0.05, 0) is 72.8 Å². The van der Waals surface area contributed by atoms with Crippen LogP contribution < -0.4 is 4.90 Å². The Morgan fingerprint density at radius 1 is 1.00 bits per heavy atom. The Morgan fingerprint density at radius 3 is 2.65 bits per heavy atom. The summed E-state index contributed by atoms with van der Waals surface area (Å²) in [4.78, 5) is 17.6. The fourth-order valence-electron chi connectivity index (χ4n) is 6.55. The van der Waals surface area contributed by atoms with Crippen LogP contribution in [0, 0.1) is 0 Å². The number of anilines is 1. The highest BCUT2D eigenvalue weighted by molar-refractivity contribution is 6.11. The van der Waals surface area contributed by atoms with Crippen molar-refractivity contribution in [2.45, 2.75) is 43.6 Å². The van der Waals surface area contributed by atoms with E-state index in [4.69, 9.17) is 0 Å². The number of hydrogen-bond acceptors (Lipinski definition) is 3. The number of benzene rings is 3. The van der Waals surface area contributed by atoms with Crippen molar-refractivity contribution >= 4 is 34.6 Å². The Hall–Kier alpha value is -3.70. The molecular formula is C32H32N4O. The molecule has 5 nitrogen and oxygen atoms in total. The molecule has 37 heavy (non-hydrogen) atoms. The maximum Gasteiger partial charge on any atom is 0.238 e. The molecule has 3 aliphatic rings. The van der Waals surface area contributed by atoms with Crippen LogP contribution in [0.3, 0.4) is 0 Å². The highest BCUT2D eigenvalue weighted by atomic mass is 16.2. The van der Waals surface area contributed by atoms with Gasteiger partial charge in [-0.2, -0.15) is 5.10 Å². The summed E-state index contributed by atoms with van der Waals surface area (Å²) >= 11 is 0. The van der Waals surface area contributed by atoms with Crippen molar-refractivity contribution < 1.29 is 4.79 Å². The van der Waals surface area contributed by atoms with Gasteiger partial charge in [0, 0.05) is 30.6 Å². The molecule has 1 amide bonds. The summed E-state index contributed by atoms with van der Waals surface area (Å²) in [6.07, 6.45) is 9.11. The number of para-hydroxylation sites is 1. The number of fused-ring (bicyclic) bond motifs is 3. The predicted octanol–water partition coefficient (Wildman–Crippen LogP) is 6.12. The van der Waals surface area contributed by atoms with Crippen LogP contribution in [0.4, 0.5) is 5.69 Å². The van der Waals surface area contributed by atoms with E-state index in [-0.39, 0.29) is 11.8 Å². The van der Waals surface area contributed by atoms with E-state index in [1.54, 1.807) is 0 Å². The number of hydrogen-bond donors (Lipinski definition) is 1. The molecule has 1 spiro atoms. The van der Waals surface area contributed by atoms with E-state index < -0.39 is 5.41 Å². The van der Waals surface area contributed by atoms with E-state index in [1.165, 1.54) is 54.6 Å². The Morgan fingerprint density at radius 2 is 1.81 bits per heavy atom. The van der Waals surface area contributed by atoms with Crippen molar-refractivity contribution in [2.75, 3.05) is 25.0 Å². The van der Waals surface area contributed by atoms with E-state index in [2.05, 4.69) is 81.8 Å². The number of rotatable bonds is 5. The van der Waals surface area contributed by atoms with Crippen LogP contribution in [0.15, 0.2) is 66.7 Å². The summed E-state index contributed by atoms with van der Waals surface area (Å²) in [6, 6.07) is 23.6. The van der Waals surface area contributed by atoms with Crippen molar-refractivity contribution in [3.05, 3.63) is 94.7 Å². The third-order valence-electron chi connectivity index (χ3n) is 8.68. The number of aromatic amines is 1. The van der Waals surface area contributed by atoms with Crippen LogP contribution in [0.25, 0.3) is 23.1 Å². The number of carbonyl (C=O) groups excluding carboxylic acids is 1. The minimum Gasteiger partial charge on any atom is -0.314 e. The maximum atomic E-state index is 13.2. The largest absolute Gasteiger partial charge is 0.314 e. The first kappa shape index (κ1) is 22.5. The molecule has 2 atom stereocenters. The highest BCUT2D eigenvalue weighted by Gasteiger charge is 2.66. The molecule has 186 valence electrons. The molecule has 2 unspecified atom stereocenters. The molecule has 0 bridgehead atoms. The number of H-pyrrole nitrogens is 1. The standard InChI is InChI=1S/C32H32N4O/c1-35-30-8-4-3-7-26(30)32(31(35)37)20-27(32)24-14-15-25-28(33-34-29(25)19-24)16-13-22-9-11-23(12-10-22)21-36-17-5-2-6-18-36/h3-4,7-16,19,27H,2,5-6,17-18,20-21H2,1H3,(H,33,34)/b16-13+. The molecule has 3 heterocycles. The van der Waals surface area contributed by atoms with E-state index in [9.17, 15) is 4.79 Å². The van der Waals surface area contributed by atoms with Crippen molar-refractivity contribution in [1.29, 1.82) is 0 Å². The van der Waals surface area contributed by atoms with Crippen LogP contribution in [0.5, 0.6) is 0 Å². The minimum atomic E-state index is -0.401. The van der Waals surface area contributed by atoms with Crippen molar-refractivity contribution in [2.24, 2.45) is 0 Å². The normalized spacial score (nSPS) is 23.4. The van der Waals surface area contributed by atoms with E-state index in [0.29, 0.717) is 0 Å². The second-order valence-electron chi connectivity index (χ2n) is 10.9. The fourth-order valence-corrected chi connectivity index (χ4v) is 6.55. The summed E-state index contributed by atoms with van der Waals surface area (Å²) in [5.41, 5.74) is 7.53. The number of likely N-dealkylation sites (N-methyl/N-ethyl adjacent to an activating group) is 1. The molecule has 0 radical (unpaired) electrons. The molecule has 2 aliphatic heterocycles. The van der Waals surface area contributed by atoms with Gasteiger partial charge in [-0.3, -0.25) is 14.8 Å². The Labute approximate surface area is 217 Å². The summed E-state index contributed by atoms with van der Waals surface area (Å²) < 4.78 is 0. The number of likely N-dealkylation sites (tertiary alicyclic amines) is 1. The van der Waals surface area contributed by atoms with Gasteiger partial charge in [-0.15, -0.1) is 0 Å². The Balaban J connectivity index is 1.08. The fraction of sp³-hybridized carbons (Fsp3) is 0.312. The quantitative estimate of drug-likeness (QED) is 0.368. The van der Waals surface area contributed by atoms with Crippen LogP contribution in [-0.4, -0.2) is 41.1 Å². The molecule has 4 aromatic rings. The predicted molar refractivity (Wildman–Crippen MR) is 149 cm³/mol. The van der Waals surface area contributed by atoms with Crippen LogP contribution in [-0.2, 0) is 16.8 Å². The van der Waals surface area contributed by atoms with Gasteiger partial charge in [0.1, 0.15) is 0 Å². The molecule has 1 aliphatic carbocycles. The van der Waals surface area contributed by atoms with Crippen LogP contribution in [0.2, 0.25) is 0 Å². The SMILES string of the molecule is CN1C(=O)C2(CC2c2ccc3c(/C=C/c4ccc(CN5CCCCC5)cc4)n[nH]c3c2)c2ccccc21. The summed E-state index contributed by atoms with van der Waals surface area (Å²) in [7, 11) is 1.89. The van der Waals surface area contributed by atoms with Crippen molar-refractivity contribution in [3.8, 4) is 0 Å². The Bertz CT molecular complexity index is 1510. The lowest BCUT2D eigenvalue weighted by atomic mass is 9.92. The average Bonchev–Trinajstić information content (AvgIpc) is 3.52. The molecule has 5 heteroatoms. The zero-order valence-corrected chi connectivity index (χ0v) is 21.3. The van der Waals surface area contributed by atoms with Gasteiger partial charge in [-0.1, -0.05) is 67.1 Å². The first-order chi connectivity index (χ1) is 18.1. The van der Waals surface area contributed by atoms with E-state index in [0.717, 1.165) is 35.2 Å². The number of amides is 1. The van der Waals surface area contributed by atoms with Gasteiger partial charge in [0.15, 0.2) is 0 Å². The third kappa shape index (κ3) is 3.72. The number of nitrogens with one attached hydrogen (secondary N) is 1. The zero-order chi connectivity index (χ0) is 25.0. The average molecular weight is 489 g/mol. The van der Waals surface area contributed by atoms with Gasteiger partial charge in [-0.25, -0.2) is 0 Å². The molecule has 1 N–H and O–H groups in total. The first-order valence-electron chi connectivity index (χ1n) is 13.5. The van der Waals surface area contributed by atoms with E-state index >= 15 is 0 Å². The molecular weight excluding hydrogens is 456 g/mol. The maximum absolute atomic E-state index is 13.2. The lowest BCUT2D eigenvalue weighted by Crippen LogP contribution is -2.29. The van der Waals surface area contributed by atoms with Gasteiger partial charge < -0.3 is 4.90 Å². The molecule has 2 fully saturated rings. The second kappa shape index (κ2) is 8.70. The minimum absolute atomic E-state index is 0.209. The van der Waals surface area contributed by atoms with Gasteiger partial charge in [0.2, 0.25) is 5.91 Å².